The van der Waals surface area contributed by atoms with Gasteiger partial charge in [0.25, 0.3) is 5.69 Å². The minimum absolute atomic E-state index is 0.00998. The van der Waals surface area contributed by atoms with Gasteiger partial charge in [0.1, 0.15) is 5.69 Å². The quantitative estimate of drug-likeness (QED) is 0.514. The third-order valence-electron chi connectivity index (χ3n) is 3.11. The number of nitro benzene ring substituents is 1. The second-order valence-electron chi connectivity index (χ2n) is 4.92. The summed E-state index contributed by atoms with van der Waals surface area (Å²) in [5, 5.41) is 22.8. The molecule has 1 atom stereocenters. The average molecular weight is 295 g/mol. The van der Waals surface area contributed by atoms with Gasteiger partial charge in [-0.3, -0.25) is 19.7 Å². The maximum atomic E-state index is 11.1. The Morgan fingerprint density at radius 2 is 2.05 bits per heavy atom. The number of benzene rings is 1. The van der Waals surface area contributed by atoms with E-state index in [1.807, 2.05) is 0 Å². The zero-order chi connectivity index (χ0) is 16.2. The fraction of sp³-hybridized carbons (Fsp3) is 0.385. The van der Waals surface area contributed by atoms with Crippen molar-refractivity contribution in [3.63, 3.8) is 0 Å². The van der Waals surface area contributed by atoms with Gasteiger partial charge in [-0.25, -0.2) is 0 Å². The molecule has 0 aromatic heterocycles. The van der Waals surface area contributed by atoms with Crippen LogP contribution in [0.2, 0.25) is 0 Å². The molecule has 1 amide bonds. The number of primary amides is 1. The molecule has 0 aliphatic rings. The van der Waals surface area contributed by atoms with Gasteiger partial charge in [-0.2, -0.15) is 0 Å². The van der Waals surface area contributed by atoms with Gasteiger partial charge in [0.15, 0.2) is 0 Å². The van der Waals surface area contributed by atoms with E-state index in [1.54, 1.807) is 13.8 Å². The summed E-state index contributed by atoms with van der Waals surface area (Å²) in [6.07, 6.45) is 0. The van der Waals surface area contributed by atoms with Crippen molar-refractivity contribution in [1.82, 2.24) is 0 Å². The third kappa shape index (κ3) is 4.16. The molecule has 114 valence electrons. The number of nitrogens with one attached hydrogen (secondary N) is 1. The number of nitrogens with zero attached hydrogens (tertiary/aromatic N) is 1. The van der Waals surface area contributed by atoms with E-state index in [4.69, 9.17) is 10.8 Å². The predicted molar refractivity (Wildman–Crippen MR) is 76.1 cm³/mol. The van der Waals surface area contributed by atoms with Gasteiger partial charge in [-0.05, 0) is 18.1 Å². The summed E-state index contributed by atoms with van der Waals surface area (Å²) in [6, 6.07) is 3.66. The molecule has 1 rings (SSSR count). The number of aliphatic carboxylic acids is 1. The molecule has 0 radical (unpaired) electrons. The molecule has 0 fully saturated rings. The topological polar surface area (TPSA) is 136 Å². The molecule has 0 saturated heterocycles. The van der Waals surface area contributed by atoms with Crippen LogP contribution in [0.25, 0.3) is 0 Å². The molecular weight excluding hydrogens is 278 g/mol. The minimum Gasteiger partial charge on any atom is -0.481 e. The Labute approximate surface area is 121 Å². The highest BCUT2D eigenvalue weighted by atomic mass is 16.6. The van der Waals surface area contributed by atoms with E-state index in [0.717, 1.165) is 6.07 Å². The standard InChI is InChI=1S/C13H17N3O5/c1-7(2)9(13(18)19)6-15-10-5-8(12(14)17)3-4-11(10)16(20)21/h3-5,7,9,15H,6H2,1-2H3,(H2,14,17)(H,18,19). The summed E-state index contributed by atoms with van der Waals surface area (Å²) < 4.78 is 0. The van der Waals surface area contributed by atoms with Crippen LogP contribution in [0.4, 0.5) is 11.4 Å². The smallest absolute Gasteiger partial charge is 0.308 e. The number of carbonyl (C=O) groups excluding carboxylic acids is 1. The molecule has 0 bridgehead atoms. The van der Waals surface area contributed by atoms with Crippen molar-refractivity contribution >= 4 is 23.3 Å². The van der Waals surface area contributed by atoms with Gasteiger partial charge in [0.2, 0.25) is 5.91 Å². The Hall–Kier alpha value is -2.64. The van der Waals surface area contributed by atoms with Crippen LogP contribution in [0.1, 0.15) is 24.2 Å². The van der Waals surface area contributed by atoms with Crippen LogP contribution in [-0.2, 0) is 4.79 Å². The molecular formula is C13H17N3O5. The second kappa shape index (κ2) is 6.69. The molecule has 8 heteroatoms. The highest BCUT2D eigenvalue weighted by Gasteiger charge is 2.23. The van der Waals surface area contributed by atoms with Crippen molar-refractivity contribution in [3.05, 3.63) is 33.9 Å². The van der Waals surface area contributed by atoms with Crippen molar-refractivity contribution in [2.75, 3.05) is 11.9 Å². The van der Waals surface area contributed by atoms with Gasteiger partial charge >= 0.3 is 5.97 Å². The van der Waals surface area contributed by atoms with E-state index in [1.165, 1.54) is 12.1 Å². The van der Waals surface area contributed by atoms with Crippen LogP contribution >= 0.6 is 0 Å². The lowest BCUT2D eigenvalue weighted by Gasteiger charge is -2.17. The Morgan fingerprint density at radius 1 is 1.43 bits per heavy atom. The van der Waals surface area contributed by atoms with Gasteiger partial charge in [0, 0.05) is 18.2 Å². The molecule has 1 unspecified atom stereocenters. The Morgan fingerprint density at radius 3 is 2.48 bits per heavy atom. The number of amides is 1. The summed E-state index contributed by atoms with van der Waals surface area (Å²) in [5.41, 5.74) is 5.07. The van der Waals surface area contributed by atoms with Gasteiger partial charge in [0.05, 0.1) is 10.8 Å². The van der Waals surface area contributed by atoms with E-state index in [2.05, 4.69) is 5.32 Å². The van der Waals surface area contributed by atoms with Crippen LogP contribution in [0.5, 0.6) is 0 Å². The fourth-order valence-corrected chi connectivity index (χ4v) is 1.82. The van der Waals surface area contributed by atoms with Crippen LogP contribution in [0, 0.1) is 22.0 Å². The average Bonchev–Trinajstić information content (AvgIpc) is 2.37. The zero-order valence-electron chi connectivity index (χ0n) is 11.7. The van der Waals surface area contributed by atoms with Gasteiger partial charge < -0.3 is 16.2 Å². The van der Waals surface area contributed by atoms with E-state index in [-0.39, 0.29) is 29.4 Å². The molecule has 0 spiro atoms. The van der Waals surface area contributed by atoms with E-state index >= 15 is 0 Å². The van der Waals surface area contributed by atoms with Crippen molar-refractivity contribution in [3.8, 4) is 0 Å². The first-order valence-electron chi connectivity index (χ1n) is 6.29. The Balaban J connectivity index is 3.04. The monoisotopic (exact) mass is 295 g/mol. The van der Waals surface area contributed by atoms with Gasteiger partial charge in [-0.1, -0.05) is 13.8 Å². The molecule has 0 aliphatic carbocycles. The van der Waals surface area contributed by atoms with Crippen LogP contribution < -0.4 is 11.1 Å². The minimum atomic E-state index is -0.994. The van der Waals surface area contributed by atoms with Crippen molar-refractivity contribution in [2.45, 2.75) is 13.8 Å². The second-order valence-corrected chi connectivity index (χ2v) is 4.92. The van der Waals surface area contributed by atoms with Crippen molar-refractivity contribution in [1.29, 1.82) is 0 Å². The SMILES string of the molecule is CC(C)C(CNc1cc(C(N)=O)ccc1[N+](=O)[O-])C(=O)O. The Bertz CT molecular complexity index is 571. The number of hydrogen-bond donors (Lipinski definition) is 3. The first kappa shape index (κ1) is 16.4. The number of rotatable bonds is 7. The number of carboxylic acid groups (broad SMARTS) is 1. The highest BCUT2D eigenvalue weighted by molar-refractivity contribution is 5.94. The Kier molecular flexibility index (Phi) is 5.23. The predicted octanol–water partition coefficient (Wildman–Crippen LogP) is 1.46. The summed E-state index contributed by atoms with van der Waals surface area (Å²) in [5.74, 6) is -2.56. The molecule has 1 aromatic rings. The summed E-state index contributed by atoms with van der Waals surface area (Å²) >= 11 is 0. The molecule has 0 aliphatic heterocycles. The summed E-state index contributed by atoms with van der Waals surface area (Å²) in [6.45, 7) is 3.50. The summed E-state index contributed by atoms with van der Waals surface area (Å²) in [7, 11) is 0. The van der Waals surface area contributed by atoms with Crippen molar-refractivity contribution < 1.29 is 19.6 Å². The van der Waals surface area contributed by atoms with E-state index < -0.39 is 22.7 Å². The number of carbonyl (C=O) groups is 2. The van der Waals surface area contributed by atoms with Crippen LogP contribution in [-0.4, -0.2) is 28.5 Å². The van der Waals surface area contributed by atoms with Gasteiger partial charge in [-0.15, -0.1) is 0 Å². The first-order chi connectivity index (χ1) is 9.73. The zero-order valence-corrected chi connectivity index (χ0v) is 11.7. The maximum absolute atomic E-state index is 11.1. The maximum Gasteiger partial charge on any atom is 0.308 e. The fourth-order valence-electron chi connectivity index (χ4n) is 1.82. The number of nitrogens with two attached hydrogens (primary N) is 1. The van der Waals surface area contributed by atoms with E-state index in [0.29, 0.717) is 0 Å². The van der Waals surface area contributed by atoms with Crippen molar-refractivity contribution in [2.24, 2.45) is 17.6 Å². The normalized spacial score (nSPS) is 12.0. The van der Waals surface area contributed by atoms with Crippen LogP contribution in [0.15, 0.2) is 18.2 Å². The first-order valence-corrected chi connectivity index (χ1v) is 6.29. The molecule has 0 heterocycles. The lowest BCUT2D eigenvalue weighted by atomic mass is 9.96. The number of nitro groups is 1. The number of anilines is 1. The lowest BCUT2D eigenvalue weighted by molar-refractivity contribution is -0.384. The molecule has 4 N–H and O–H groups in total. The largest absolute Gasteiger partial charge is 0.481 e. The molecule has 0 saturated carbocycles. The lowest BCUT2D eigenvalue weighted by Crippen LogP contribution is -2.27. The summed E-state index contributed by atoms with van der Waals surface area (Å²) in [4.78, 5) is 32.6. The number of carboxylic acids is 1. The van der Waals surface area contributed by atoms with Crippen LogP contribution in [0.3, 0.4) is 0 Å². The molecule has 21 heavy (non-hydrogen) atoms. The number of hydrogen-bond acceptors (Lipinski definition) is 5. The molecule has 1 aromatic carbocycles. The highest BCUT2D eigenvalue weighted by Crippen LogP contribution is 2.26. The van der Waals surface area contributed by atoms with E-state index in [9.17, 15) is 19.7 Å². The molecule has 8 nitrogen and oxygen atoms in total. The third-order valence-corrected chi connectivity index (χ3v) is 3.11.